The average Bonchev–Trinajstić information content (AvgIpc) is 2.31. The predicted molar refractivity (Wildman–Crippen MR) is 73.3 cm³/mol. The Morgan fingerprint density at radius 2 is 2.00 bits per heavy atom. The number of nitrogens with one attached hydrogen (secondary N) is 1. The van der Waals surface area contributed by atoms with Gasteiger partial charge in [-0.2, -0.15) is 0 Å². The topological polar surface area (TPSA) is 78.6 Å². The van der Waals surface area contributed by atoms with Gasteiger partial charge in [0.15, 0.2) is 0 Å². The Hall–Kier alpha value is -1.59. The van der Waals surface area contributed by atoms with E-state index < -0.39 is 0 Å². The van der Waals surface area contributed by atoms with E-state index in [4.69, 9.17) is 10.8 Å². The number of nitrogens with two attached hydrogens (primary N) is 1. The third-order valence-corrected chi connectivity index (χ3v) is 2.66. The Morgan fingerprint density at radius 3 is 2.50 bits per heavy atom. The van der Waals surface area contributed by atoms with Crippen molar-refractivity contribution in [2.75, 3.05) is 30.7 Å². The zero-order chi connectivity index (χ0) is 13.5. The van der Waals surface area contributed by atoms with E-state index in [1.54, 1.807) is 24.3 Å². The first-order chi connectivity index (χ1) is 8.52. The van der Waals surface area contributed by atoms with Gasteiger partial charge in [0, 0.05) is 24.0 Å². The summed E-state index contributed by atoms with van der Waals surface area (Å²) in [5, 5.41) is 11.7. The van der Waals surface area contributed by atoms with Gasteiger partial charge < -0.3 is 16.2 Å². The number of hydrogen-bond acceptors (Lipinski definition) is 4. The summed E-state index contributed by atoms with van der Waals surface area (Å²) in [7, 11) is 0. The summed E-state index contributed by atoms with van der Waals surface area (Å²) in [5.74, 6) is -0.0954. The Kier molecular flexibility index (Phi) is 5.61. The van der Waals surface area contributed by atoms with Crippen LogP contribution in [0.15, 0.2) is 24.3 Å². The van der Waals surface area contributed by atoms with Crippen molar-refractivity contribution in [1.29, 1.82) is 0 Å². The highest BCUT2D eigenvalue weighted by atomic mass is 16.3. The van der Waals surface area contributed by atoms with Gasteiger partial charge in [0.1, 0.15) is 0 Å². The van der Waals surface area contributed by atoms with Crippen molar-refractivity contribution in [2.45, 2.75) is 19.9 Å². The quantitative estimate of drug-likeness (QED) is 0.657. The molecule has 100 valence electrons. The third kappa shape index (κ3) is 4.73. The number of hydrogen-bond donors (Lipinski definition) is 3. The molecule has 0 aliphatic carbocycles. The molecule has 0 spiro atoms. The maximum atomic E-state index is 11.8. The van der Waals surface area contributed by atoms with Crippen molar-refractivity contribution in [1.82, 2.24) is 4.90 Å². The Balaban J connectivity index is 2.52. The molecular formula is C13H21N3O2. The van der Waals surface area contributed by atoms with Crippen LogP contribution in [0, 0.1) is 0 Å². The molecule has 0 atom stereocenters. The standard InChI is InChI=1S/C13H21N3O2/c1-10(2)16(7-8-17)9-13(18)15-12-5-3-11(14)4-6-12/h3-6,10,17H,7-9,14H2,1-2H3,(H,15,18). The molecule has 0 fully saturated rings. The summed E-state index contributed by atoms with van der Waals surface area (Å²) in [4.78, 5) is 13.7. The summed E-state index contributed by atoms with van der Waals surface area (Å²) in [6.45, 7) is 4.79. The van der Waals surface area contributed by atoms with Crippen LogP contribution in [-0.4, -0.2) is 41.7 Å². The summed E-state index contributed by atoms with van der Waals surface area (Å²) in [6, 6.07) is 7.22. The summed E-state index contributed by atoms with van der Waals surface area (Å²) >= 11 is 0. The first-order valence-corrected chi connectivity index (χ1v) is 6.03. The van der Waals surface area contributed by atoms with E-state index in [0.29, 0.717) is 12.2 Å². The second-order valence-electron chi connectivity index (χ2n) is 4.46. The van der Waals surface area contributed by atoms with Gasteiger partial charge in [-0.15, -0.1) is 0 Å². The van der Waals surface area contributed by atoms with Gasteiger partial charge in [-0.3, -0.25) is 9.69 Å². The molecule has 0 bridgehead atoms. The highest BCUT2D eigenvalue weighted by molar-refractivity contribution is 5.92. The van der Waals surface area contributed by atoms with Crippen LogP contribution in [0.25, 0.3) is 0 Å². The fourth-order valence-electron chi connectivity index (χ4n) is 1.60. The molecule has 1 aromatic rings. The highest BCUT2D eigenvalue weighted by Gasteiger charge is 2.13. The van der Waals surface area contributed by atoms with E-state index in [1.165, 1.54) is 0 Å². The molecule has 0 saturated carbocycles. The first kappa shape index (κ1) is 14.5. The third-order valence-electron chi connectivity index (χ3n) is 2.66. The van der Waals surface area contributed by atoms with Crippen LogP contribution in [0.2, 0.25) is 0 Å². The van der Waals surface area contributed by atoms with E-state index >= 15 is 0 Å². The number of aliphatic hydroxyl groups excluding tert-OH is 1. The van der Waals surface area contributed by atoms with Crippen LogP contribution in [0.3, 0.4) is 0 Å². The number of rotatable bonds is 6. The fraction of sp³-hybridized carbons (Fsp3) is 0.462. The molecule has 5 heteroatoms. The molecule has 5 nitrogen and oxygen atoms in total. The normalized spacial score (nSPS) is 10.9. The molecule has 0 heterocycles. The first-order valence-electron chi connectivity index (χ1n) is 6.03. The lowest BCUT2D eigenvalue weighted by molar-refractivity contribution is -0.117. The molecule has 0 saturated heterocycles. The predicted octanol–water partition coefficient (Wildman–Crippen LogP) is 0.910. The van der Waals surface area contributed by atoms with Gasteiger partial charge in [0.2, 0.25) is 5.91 Å². The number of carbonyl (C=O) groups excluding carboxylic acids is 1. The molecule has 1 rings (SSSR count). The van der Waals surface area contributed by atoms with Gasteiger partial charge in [-0.05, 0) is 38.1 Å². The molecule has 0 aliphatic heterocycles. The minimum Gasteiger partial charge on any atom is -0.399 e. The molecule has 4 N–H and O–H groups in total. The van der Waals surface area contributed by atoms with Crippen LogP contribution >= 0.6 is 0 Å². The zero-order valence-corrected chi connectivity index (χ0v) is 10.9. The summed E-state index contributed by atoms with van der Waals surface area (Å²) in [5.41, 5.74) is 6.96. The van der Waals surface area contributed by atoms with Gasteiger partial charge in [0.25, 0.3) is 0 Å². The lowest BCUT2D eigenvalue weighted by Gasteiger charge is -2.24. The maximum Gasteiger partial charge on any atom is 0.238 e. The Bertz CT molecular complexity index is 376. The van der Waals surface area contributed by atoms with Crippen molar-refractivity contribution < 1.29 is 9.90 Å². The number of carbonyl (C=O) groups is 1. The second kappa shape index (κ2) is 6.98. The second-order valence-corrected chi connectivity index (χ2v) is 4.46. The number of nitrogen functional groups attached to an aromatic ring is 1. The number of nitrogens with zero attached hydrogens (tertiary/aromatic N) is 1. The molecule has 18 heavy (non-hydrogen) atoms. The number of amides is 1. The molecule has 0 unspecified atom stereocenters. The molecular weight excluding hydrogens is 230 g/mol. The fourth-order valence-corrected chi connectivity index (χ4v) is 1.60. The Morgan fingerprint density at radius 1 is 1.39 bits per heavy atom. The lowest BCUT2D eigenvalue weighted by atomic mass is 10.2. The summed E-state index contributed by atoms with van der Waals surface area (Å²) < 4.78 is 0. The van der Waals surface area contributed by atoms with Crippen molar-refractivity contribution in [3.05, 3.63) is 24.3 Å². The van der Waals surface area contributed by atoms with Crippen molar-refractivity contribution in [3.8, 4) is 0 Å². The minimum absolute atomic E-state index is 0.0489. The maximum absolute atomic E-state index is 11.8. The smallest absolute Gasteiger partial charge is 0.238 e. The number of anilines is 2. The van der Waals surface area contributed by atoms with Crippen molar-refractivity contribution in [3.63, 3.8) is 0 Å². The monoisotopic (exact) mass is 251 g/mol. The SMILES string of the molecule is CC(C)N(CCO)CC(=O)Nc1ccc(N)cc1. The summed E-state index contributed by atoms with van der Waals surface area (Å²) in [6.07, 6.45) is 0. The molecule has 0 aromatic heterocycles. The average molecular weight is 251 g/mol. The van der Waals surface area contributed by atoms with Crippen LogP contribution < -0.4 is 11.1 Å². The van der Waals surface area contributed by atoms with Gasteiger partial charge in [0.05, 0.1) is 13.2 Å². The molecule has 0 aliphatic rings. The van der Waals surface area contributed by atoms with E-state index in [-0.39, 0.29) is 25.1 Å². The number of benzene rings is 1. The lowest BCUT2D eigenvalue weighted by Crippen LogP contribution is -2.39. The molecule has 1 amide bonds. The van der Waals surface area contributed by atoms with Crippen LogP contribution in [0.5, 0.6) is 0 Å². The zero-order valence-electron chi connectivity index (χ0n) is 10.9. The van der Waals surface area contributed by atoms with Crippen molar-refractivity contribution >= 4 is 17.3 Å². The van der Waals surface area contributed by atoms with E-state index in [1.807, 2.05) is 18.7 Å². The minimum atomic E-state index is -0.0954. The van der Waals surface area contributed by atoms with E-state index in [9.17, 15) is 4.79 Å². The highest BCUT2D eigenvalue weighted by Crippen LogP contribution is 2.10. The van der Waals surface area contributed by atoms with Crippen LogP contribution in [-0.2, 0) is 4.79 Å². The van der Waals surface area contributed by atoms with Gasteiger partial charge >= 0.3 is 0 Å². The van der Waals surface area contributed by atoms with Crippen molar-refractivity contribution in [2.24, 2.45) is 0 Å². The molecule has 1 aromatic carbocycles. The van der Waals surface area contributed by atoms with E-state index in [2.05, 4.69) is 5.32 Å². The van der Waals surface area contributed by atoms with Crippen LogP contribution in [0.1, 0.15) is 13.8 Å². The number of aliphatic hydroxyl groups is 1. The van der Waals surface area contributed by atoms with E-state index in [0.717, 1.165) is 5.69 Å². The largest absolute Gasteiger partial charge is 0.399 e. The van der Waals surface area contributed by atoms with Gasteiger partial charge in [-0.1, -0.05) is 0 Å². The van der Waals surface area contributed by atoms with Crippen LogP contribution in [0.4, 0.5) is 11.4 Å². The van der Waals surface area contributed by atoms with Gasteiger partial charge in [-0.25, -0.2) is 0 Å². The molecule has 0 radical (unpaired) electrons. The Labute approximate surface area is 108 Å².